The zero-order valence-electron chi connectivity index (χ0n) is 16.6. The van der Waals surface area contributed by atoms with Gasteiger partial charge in [-0.25, -0.2) is 0 Å². The number of hydrogen-bond donors (Lipinski definition) is 2. The topological polar surface area (TPSA) is 63.6 Å². The first-order valence-electron chi connectivity index (χ1n) is 9.96. The smallest absolute Gasteiger partial charge is 0.193 e. The number of hydrogen-bond acceptors (Lipinski definition) is 5. The van der Waals surface area contributed by atoms with Gasteiger partial charge < -0.3 is 25.0 Å². The molecule has 0 aliphatic carbocycles. The highest BCUT2D eigenvalue weighted by molar-refractivity contribution is 5.80. The van der Waals surface area contributed by atoms with Crippen molar-refractivity contribution in [3.63, 3.8) is 0 Å². The number of ether oxygens (including phenoxy) is 1. The van der Waals surface area contributed by atoms with E-state index in [-0.39, 0.29) is 0 Å². The van der Waals surface area contributed by atoms with E-state index in [1.165, 1.54) is 0 Å². The number of nitrogens with one attached hydrogen (secondary N) is 1. The Morgan fingerprint density at radius 3 is 2.52 bits per heavy atom. The molecule has 7 nitrogen and oxygen atoms in total. The van der Waals surface area contributed by atoms with Crippen LogP contribution in [0.15, 0.2) is 29.3 Å². The molecule has 0 aromatic heterocycles. The highest BCUT2D eigenvalue weighted by atomic mass is 16.5. The number of guanidine groups is 1. The number of para-hydroxylation sites is 2. The van der Waals surface area contributed by atoms with Crippen molar-refractivity contribution < 1.29 is 9.84 Å². The summed E-state index contributed by atoms with van der Waals surface area (Å²) in [6.07, 6.45) is 0. The molecule has 150 valence electrons. The minimum absolute atomic E-state index is 0.352. The van der Waals surface area contributed by atoms with Gasteiger partial charge in [-0.05, 0) is 18.1 Å². The van der Waals surface area contributed by atoms with E-state index in [1.54, 1.807) is 6.07 Å². The van der Waals surface area contributed by atoms with Crippen LogP contribution in [0, 0.1) is 5.92 Å². The van der Waals surface area contributed by atoms with Gasteiger partial charge in [-0.3, -0.25) is 9.89 Å². The minimum Gasteiger partial charge on any atom is -0.506 e. The van der Waals surface area contributed by atoms with Gasteiger partial charge in [0.2, 0.25) is 0 Å². The fourth-order valence-electron chi connectivity index (χ4n) is 3.78. The number of aliphatic imine (C=N–C) groups is 1. The van der Waals surface area contributed by atoms with Crippen LogP contribution in [-0.4, -0.2) is 93.5 Å². The number of morpholine rings is 1. The Morgan fingerprint density at radius 2 is 1.85 bits per heavy atom. The molecule has 2 N–H and O–H groups in total. The summed E-state index contributed by atoms with van der Waals surface area (Å²) >= 11 is 0. The lowest BCUT2D eigenvalue weighted by Crippen LogP contribution is -2.53. The lowest BCUT2D eigenvalue weighted by molar-refractivity contribution is 0.0320. The Bertz CT molecular complexity index is 610. The largest absolute Gasteiger partial charge is 0.506 e. The first-order chi connectivity index (χ1) is 13.2. The maximum Gasteiger partial charge on any atom is 0.193 e. The second-order valence-corrected chi connectivity index (χ2v) is 7.41. The van der Waals surface area contributed by atoms with Crippen molar-refractivity contribution in [3.05, 3.63) is 24.3 Å². The van der Waals surface area contributed by atoms with Crippen molar-refractivity contribution >= 4 is 11.6 Å². The first kappa shape index (κ1) is 19.8. The predicted octanol–water partition coefficient (Wildman–Crippen LogP) is 1.06. The maximum atomic E-state index is 10.1. The van der Waals surface area contributed by atoms with Crippen molar-refractivity contribution in [1.82, 2.24) is 15.1 Å². The summed E-state index contributed by atoms with van der Waals surface area (Å²) in [7, 11) is 1.85. The third-order valence-electron chi connectivity index (χ3n) is 5.30. The summed E-state index contributed by atoms with van der Waals surface area (Å²) in [4.78, 5) is 11.5. The number of phenols is 1. The van der Waals surface area contributed by atoms with Crippen molar-refractivity contribution in [2.45, 2.75) is 6.92 Å². The third-order valence-corrected chi connectivity index (χ3v) is 5.30. The molecular formula is C20H33N5O2. The Hall–Kier alpha value is -1.99. The monoisotopic (exact) mass is 375 g/mol. The van der Waals surface area contributed by atoms with E-state index in [4.69, 9.17) is 4.74 Å². The van der Waals surface area contributed by atoms with Gasteiger partial charge >= 0.3 is 0 Å². The summed E-state index contributed by atoms with van der Waals surface area (Å²) in [6.45, 7) is 11.6. The number of benzene rings is 1. The molecule has 2 aliphatic heterocycles. The second kappa shape index (κ2) is 9.80. The maximum absolute atomic E-state index is 10.1. The molecule has 2 saturated heterocycles. The van der Waals surface area contributed by atoms with Crippen LogP contribution in [0.5, 0.6) is 5.75 Å². The van der Waals surface area contributed by atoms with Crippen LogP contribution in [0.1, 0.15) is 6.92 Å². The van der Waals surface area contributed by atoms with Crippen LogP contribution < -0.4 is 10.2 Å². The second-order valence-electron chi connectivity index (χ2n) is 7.41. The van der Waals surface area contributed by atoms with Crippen LogP contribution in [0.3, 0.4) is 0 Å². The van der Waals surface area contributed by atoms with Gasteiger partial charge in [0, 0.05) is 59.4 Å². The number of nitrogens with zero attached hydrogens (tertiary/aromatic N) is 4. The van der Waals surface area contributed by atoms with E-state index in [0.717, 1.165) is 77.2 Å². The predicted molar refractivity (Wildman–Crippen MR) is 110 cm³/mol. The van der Waals surface area contributed by atoms with Gasteiger partial charge in [0.15, 0.2) is 5.96 Å². The highest BCUT2D eigenvalue weighted by Crippen LogP contribution is 2.27. The molecule has 1 aromatic carbocycles. The molecule has 2 heterocycles. The molecule has 0 saturated carbocycles. The van der Waals surface area contributed by atoms with Crippen molar-refractivity contribution in [1.29, 1.82) is 0 Å². The van der Waals surface area contributed by atoms with E-state index in [1.807, 2.05) is 25.2 Å². The van der Waals surface area contributed by atoms with E-state index in [2.05, 4.69) is 31.9 Å². The Labute approximate surface area is 162 Å². The van der Waals surface area contributed by atoms with E-state index in [9.17, 15) is 5.11 Å². The number of aromatic hydroxyl groups is 1. The fraction of sp³-hybridized carbons (Fsp3) is 0.650. The van der Waals surface area contributed by atoms with Crippen LogP contribution in [0.2, 0.25) is 0 Å². The lowest BCUT2D eigenvalue weighted by Gasteiger charge is -2.38. The normalized spacial score (nSPS) is 20.6. The molecule has 0 amide bonds. The molecule has 2 aliphatic rings. The average molecular weight is 376 g/mol. The van der Waals surface area contributed by atoms with Gasteiger partial charge in [0.25, 0.3) is 0 Å². The number of anilines is 1. The van der Waals surface area contributed by atoms with Gasteiger partial charge in [0.1, 0.15) is 5.75 Å². The molecule has 0 spiro atoms. The summed E-state index contributed by atoms with van der Waals surface area (Å²) in [5.41, 5.74) is 0.916. The number of rotatable bonds is 5. The standard InChI is InChI=1S/C20H33N5O2/c1-17(16-23-11-13-27-14-12-23)15-22-20(21-2)25-9-7-24(8-10-25)18-5-3-4-6-19(18)26/h3-6,17,26H,7-16H2,1-2H3,(H,21,22). The van der Waals surface area contributed by atoms with Crippen LogP contribution in [0.25, 0.3) is 0 Å². The molecule has 0 bridgehead atoms. The summed E-state index contributed by atoms with van der Waals surface area (Å²) in [5.74, 6) is 1.88. The molecule has 3 rings (SSSR count). The zero-order valence-corrected chi connectivity index (χ0v) is 16.6. The summed E-state index contributed by atoms with van der Waals surface area (Å²) < 4.78 is 5.42. The van der Waals surface area contributed by atoms with Gasteiger partial charge in [-0.2, -0.15) is 0 Å². The Balaban J connectivity index is 1.44. The van der Waals surface area contributed by atoms with Crippen molar-refractivity contribution in [3.8, 4) is 5.75 Å². The fourth-order valence-corrected chi connectivity index (χ4v) is 3.78. The van der Waals surface area contributed by atoms with Crippen LogP contribution in [0.4, 0.5) is 5.69 Å². The highest BCUT2D eigenvalue weighted by Gasteiger charge is 2.22. The summed E-state index contributed by atoms with van der Waals surface area (Å²) in [6, 6.07) is 7.56. The SMILES string of the molecule is CN=C(NCC(C)CN1CCOCC1)N1CCN(c2ccccc2O)CC1. The van der Waals surface area contributed by atoms with Crippen LogP contribution in [-0.2, 0) is 4.74 Å². The zero-order chi connectivity index (χ0) is 19.1. The van der Waals surface area contributed by atoms with Gasteiger partial charge in [-0.15, -0.1) is 0 Å². The molecular weight excluding hydrogens is 342 g/mol. The number of phenolic OH excluding ortho intramolecular Hbond substituents is 1. The minimum atomic E-state index is 0.352. The molecule has 0 radical (unpaired) electrons. The third kappa shape index (κ3) is 5.49. The molecule has 1 unspecified atom stereocenters. The van der Waals surface area contributed by atoms with E-state index < -0.39 is 0 Å². The van der Waals surface area contributed by atoms with Gasteiger partial charge in [0.05, 0.1) is 18.9 Å². The quantitative estimate of drug-likeness (QED) is 0.593. The summed E-state index contributed by atoms with van der Waals surface area (Å²) in [5, 5.41) is 13.6. The Morgan fingerprint density at radius 1 is 1.15 bits per heavy atom. The lowest BCUT2D eigenvalue weighted by atomic mass is 10.1. The number of piperazine rings is 1. The van der Waals surface area contributed by atoms with Crippen molar-refractivity contribution in [2.24, 2.45) is 10.9 Å². The average Bonchev–Trinajstić information content (AvgIpc) is 2.70. The van der Waals surface area contributed by atoms with E-state index in [0.29, 0.717) is 11.7 Å². The molecule has 7 heteroatoms. The first-order valence-corrected chi connectivity index (χ1v) is 9.96. The van der Waals surface area contributed by atoms with Crippen LogP contribution >= 0.6 is 0 Å². The molecule has 1 aromatic rings. The van der Waals surface area contributed by atoms with Gasteiger partial charge in [-0.1, -0.05) is 19.1 Å². The molecule has 1 atom stereocenters. The Kier molecular flexibility index (Phi) is 7.18. The van der Waals surface area contributed by atoms with E-state index >= 15 is 0 Å². The molecule has 2 fully saturated rings. The van der Waals surface area contributed by atoms with Crippen molar-refractivity contribution in [2.75, 3.05) is 77.5 Å². The molecule has 27 heavy (non-hydrogen) atoms.